The molecule has 0 bridgehead atoms. The molecule has 0 atom stereocenters. The first-order valence-electron chi connectivity index (χ1n) is 4.18. The Balaban J connectivity index is 2.81. The second-order valence-corrected chi connectivity index (χ2v) is 4.40. The molecule has 0 aliphatic rings. The van der Waals surface area contributed by atoms with Gasteiger partial charge in [0.05, 0.1) is 0 Å². The van der Waals surface area contributed by atoms with Gasteiger partial charge in [-0.1, -0.05) is 23.7 Å². The quantitative estimate of drug-likeness (QED) is 0.640. The molecule has 0 nitrogen and oxygen atoms in total. The first-order valence-corrected chi connectivity index (χ1v) is 5.00. The van der Waals surface area contributed by atoms with Gasteiger partial charge in [0.25, 0.3) is 0 Å². The molecular weight excluding hydrogens is 208 g/mol. The van der Waals surface area contributed by atoms with Crippen LogP contribution in [-0.4, -0.2) is 6.98 Å². The highest BCUT2D eigenvalue weighted by Gasteiger charge is 2.30. The van der Waals surface area contributed by atoms with Gasteiger partial charge < -0.3 is 12.9 Å². The van der Waals surface area contributed by atoms with Gasteiger partial charge in [-0.2, -0.15) is 0 Å². The standard InChI is InChI=1S/C9H7BF3S/c1-6-9(10(11,12)13)7-4-2-3-5-8(7)14-6/h2-5H,1H3/q-1. The van der Waals surface area contributed by atoms with E-state index in [1.165, 1.54) is 24.3 Å². The van der Waals surface area contributed by atoms with Crippen molar-refractivity contribution < 1.29 is 12.9 Å². The molecule has 2 aromatic rings. The van der Waals surface area contributed by atoms with Crippen molar-refractivity contribution in [3.63, 3.8) is 0 Å². The zero-order valence-electron chi connectivity index (χ0n) is 7.43. The van der Waals surface area contributed by atoms with Crippen LogP contribution in [0.2, 0.25) is 0 Å². The highest BCUT2D eigenvalue weighted by atomic mass is 32.1. The Morgan fingerprint density at radius 3 is 2.43 bits per heavy atom. The molecule has 0 saturated heterocycles. The summed E-state index contributed by atoms with van der Waals surface area (Å²) < 4.78 is 38.8. The van der Waals surface area contributed by atoms with E-state index in [9.17, 15) is 12.9 Å². The van der Waals surface area contributed by atoms with E-state index in [2.05, 4.69) is 0 Å². The fourth-order valence-corrected chi connectivity index (χ4v) is 2.71. The molecule has 1 heterocycles. The maximum absolute atomic E-state index is 12.7. The van der Waals surface area contributed by atoms with Gasteiger partial charge in [0.2, 0.25) is 0 Å². The summed E-state index contributed by atoms with van der Waals surface area (Å²) in [4.78, 5) is 0.360. The summed E-state index contributed by atoms with van der Waals surface area (Å²) in [5.41, 5.74) is -0.425. The van der Waals surface area contributed by atoms with Crippen LogP contribution in [0.4, 0.5) is 12.9 Å². The van der Waals surface area contributed by atoms with Crippen molar-refractivity contribution in [2.45, 2.75) is 6.92 Å². The van der Waals surface area contributed by atoms with Crippen LogP contribution in [0.25, 0.3) is 10.1 Å². The highest BCUT2D eigenvalue weighted by molar-refractivity contribution is 7.21. The number of hydrogen-bond donors (Lipinski definition) is 0. The Morgan fingerprint density at radius 1 is 1.14 bits per heavy atom. The van der Waals surface area contributed by atoms with Gasteiger partial charge in [0.15, 0.2) is 0 Å². The van der Waals surface area contributed by atoms with Crippen LogP contribution in [-0.2, 0) is 0 Å². The van der Waals surface area contributed by atoms with Crippen molar-refractivity contribution in [1.29, 1.82) is 0 Å². The van der Waals surface area contributed by atoms with Crippen molar-refractivity contribution in [3.8, 4) is 0 Å². The molecule has 0 radical (unpaired) electrons. The molecule has 0 aliphatic heterocycles. The predicted octanol–water partition coefficient (Wildman–Crippen LogP) is 3.26. The number of aryl methyl sites for hydroxylation is 1. The lowest BCUT2D eigenvalue weighted by Gasteiger charge is -2.14. The van der Waals surface area contributed by atoms with Crippen molar-refractivity contribution >= 4 is 33.9 Å². The first kappa shape index (κ1) is 9.58. The van der Waals surface area contributed by atoms with Crippen molar-refractivity contribution in [1.82, 2.24) is 0 Å². The molecule has 1 aromatic carbocycles. The van der Waals surface area contributed by atoms with Crippen LogP contribution in [0.15, 0.2) is 24.3 Å². The number of fused-ring (bicyclic) bond motifs is 1. The van der Waals surface area contributed by atoms with Gasteiger partial charge in [-0.05, 0) is 23.3 Å². The van der Waals surface area contributed by atoms with Gasteiger partial charge in [0, 0.05) is 4.70 Å². The number of rotatable bonds is 1. The molecule has 2 rings (SSSR count). The first-order chi connectivity index (χ1) is 6.50. The normalized spacial score (nSPS) is 12.3. The van der Waals surface area contributed by atoms with Crippen molar-refractivity contribution in [3.05, 3.63) is 29.1 Å². The molecule has 0 fully saturated rings. The van der Waals surface area contributed by atoms with E-state index in [4.69, 9.17) is 0 Å². The molecule has 0 spiro atoms. The summed E-state index contributed by atoms with van der Waals surface area (Å²) in [5, 5.41) is 0.336. The van der Waals surface area contributed by atoms with E-state index in [1.807, 2.05) is 0 Å². The largest absolute Gasteiger partial charge is 0.511 e. The minimum Gasteiger partial charge on any atom is -0.445 e. The summed E-state index contributed by atoms with van der Waals surface area (Å²) in [6.07, 6.45) is 0. The van der Waals surface area contributed by atoms with E-state index < -0.39 is 12.4 Å². The molecule has 14 heavy (non-hydrogen) atoms. The van der Waals surface area contributed by atoms with Crippen LogP contribution in [0.3, 0.4) is 0 Å². The maximum Gasteiger partial charge on any atom is 0.511 e. The van der Waals surface area contributed by atoms with Crippen LogP contribution in [0, 0.1) is 6.92 Å². The summed E-state index contributed by atoms with van der Waals surface area (Å²) in [7, 11) is 0. The third-order valence-electron chi connectivity index (χ3n) is 2.15. The number of thiophene rings is 1. The van der Waals surface area contributed by atoms with E-state index in [0.717, 1.165) is 0 Å². The minimum absolute atomic E-state index is 0.336. The lowest BCUT2D eigenvalue weighted by molar-refractivity contribution is 0.501. The predicted molar refractivity (Wildman–Crippen MR) is 55.3 cm³/mol. The minimum atomic E-state index is -4.89. The van der Waals surface area contributed by atoms with Gasteiger partial charge >= 0.3 is 6.98 Å². The Morgan fingerprint density at radius 2 is 1.79 bits per heavy atom. The zero-order valence-corrected chi connectivity index (χ0v) is 8.25. The van der Waals surface area contributed by atoms with Crippen molar-refractivity contribution in [2.24, 2.45) is 0 Å². The number of benzene rings is 1. The number of hydrogen-bond acceptors (Lipinski definition) is 1. The highest BCUT2D eigenvalue weighted by Crippen LogP contribution is 2.27. The fraction of sp³-hybridized carbons (Fsp3) is 0.111. The van der Waals surface area contributed by atoms with Crippen molar-refractivity contribution in [2.75, 3.05) is 0 Å². The molecular formula is C9H7BF3S-. The van der Waals surface area contributed by atoms with E-state index in [-0.39, 0.29) is 0 Å². The molecule has 0 amide bonds. The fourth-order valence-electron chi connectivity index (χ4n) is 1.59. The van der Waals surface area contributed by atoms with Crippen LogP contribution < -0.4 is 5.46 Å². The van der Waals surface area contributed by atoms with E-state index >= 15 is 0 Å². The molecule has 0 saturated carbocycles. The maximum atomic E-state index is 12.7. The Labute approximate surface area is 83.4 Å². The molecule has 1 aromatic heterocycles. The average molecular weight is 215 g/mol. The average Bonchev–Trinajstić information content (AvgIpc) is 2.38. The SMILES string of the molecule is Cc1sc2ccccc2c1[B-](F)(F)F. The molecule has 0 N–H and O–H groups in total. The third-order valence-corrected chi connectivity index (χ3v) is 3.25. The Bertz CT molecular complexity index is 472. The summed E-state index contributed by atoms with van der Waals surface area (Å²) in [6, 6.07) is 6.65. The summed E-state index contributed by atoms with van der Waals surface area (Å²) in [5.74, 6) is 0. The second-order valence-electron chi connectivity index (χ2n) is 3.14. The summed E-state index contributed by atoms with van der Waals surface area (Å²) >= 11 is 1.20. The number of halogens is 3. The Kier molecular flexibility index (Phi) is 2.07. The molecule has 5 heteroatoms. The topological polar surface area (TPSA) is 0 Å². The smallest absolute Gasteiger partial charge is 0.445 e. The lowest BCUT2D eigenvalue weighted by atomic mass is 9.78. The lowest BCUT2D eigenvalue weighted by Crippen LogP contribution is -2.34. The summed E-state index contributed by atoms with van der Waals surface area (Å²) in [6.45, 7) is -3.37. The zero-order chi connectivity index (χ0) is 10.3. The van der Waals surface area contributed by atoms with Gasteiger partial charge in [-0.3, -0.25) is 0 Å². The third kappa shape index (κ3) is 1.41. The van der Waals surface area contributed by atoms with E-state index in [1.54, 1.807) is 18.2 Å². The van der Waals surface area contributed by atoms with Crippen LogP contribution >= 0.6 is 11.3 Å². The van der Waals surface area contributed by atoms with Crippen LogP contribution in [0.1, 0.15) is 4.88 Å². The molecule has 0 unspecified atom stereocenters. The monoisotopic (exact) mass is 215 g/mol. The second kappa shape index (κ2) is 3.02. The van der Waals surface area contributed by atoms with Crippen LogP contribution in [0.5, 0.6) is 0 Å². The molecule has 74 valence electrons. The van der Waals surface area contributed by atoms with Gasteiger partial charge in [-0.25, -0.2) is 0 Å². The van der Waals surface area contributed by atoms with Gasteiger partial charge in [0.1, 0.15) is 0 Å². The Hall–Kier alpha value is -0.965. The molecule has 0 aliphatic carbocycles. The van der Waals surface area contributed by atoms with E-state index in [0.29, 0.717) is 15.0 Å². The van der Waals surface area contributed by atoms with Gasteiger partial charge in [-0.15, -0.1) is 11.3 Å².